The molecule has 0 N–H and O–H groups in total. The standard InChI is InChI=1S/C18H18BrNO3S/c19-15-7-5-13(6-8-15)12-23-18(22)14-3-1-9-20(11-14)17(21)16-4-2-10-24-16/h2,4-8,10,14H,1,3,9,11-12H2. The van der Waals surface area contributed by atoms with Gasteiger partial charge in [-0.2, -0.15) is 0 Å². The molecule has 2 heterocycles. The Labute approximate surface area is 153 Å². The van der Waals surface area contributed by atoms with Crippen LogP contribution < -0.4 is 0 Å². The minimum absolute atomic E-state index is 0.00964. The Kier molecular flexibility index (Phi) is 5.68. The molecular formula is C18H18BrNO3S. The van der Waals surface area contributed by atoms with Crippen LogP contribution in [0.5, 0.6) is 0 Å². The van der Waals surface area contributed by atoms with Crippen LogP contribution in [0.3, 0.4) is 0 Å². The predicted octanol–water partition coefficient (Wildman–Crippen LogP) is 4.11. The summed E-state index contributed by atoms with van der Waals surface area (Å²) in [7, 11) is 0. The first-order valence-corrected chi connectivity index (χ1v) is 9.54. The van der Waals surface area contributed by atoms with Gasteiger partial charge in [0.05, 0.1) is 10.8 Å². The number of thiophene rings is 1. The highest BCUT2D eigenvalue weighted by atomic mass is 79.9. The highest BCUT2D eigenvalue weighted by molar-refractivity contribution is 9.10. The third-order valence-electron chi connectivity index (χ3n) is 4.07. The number of nitrogens with zero attached hydrogens (tertiary/aromatic N) is 1. The van der Waals surface area contributed by atoms with Crippen molar-refractivity contribution in [2.45, 2.75) is 19.4 Å². The molecular weight excluding hydrogens is 390 g/mol. The lowest BCUT2D eigenvalue weighted by Gasteiger charge is -2.31. The third kappa shape index (κ3) is 4.24. The van der Waals surface area contributed by atoms with Gasteiger partial charge in [0.1, 0.15) is 6.61 Å². The first kappa shape index (κ1) is 17.2. The predicted molar refractivity (Wildman–Crippen MR) is 96.9 cm³/mol. The first-order valence-electron chi connectivity index (χ1n) is 7.87. The fourth-order valence-corrected chi connectivity index (χ4v) is 3.72. The van der Waals surface area contributed by atoms with Crippen LogP contribution in [0.15, 0.2) is 46.3 Å². The minimum Gasteiger partial charge on any atom is -0.461 e. The summed E-state index contributed by atoms with van der Waals surface area (Å²) >= 11 is 4.81. The quantitative estimate of drug-likeness (QED) is 0.716. The topological polar surface area (TPSA) is 46.6 Å². The van der Waals surface area contributed by atoms with Crippen molar-refractivity contribution in [1.82, 2.24) is 4.90 Å². The van der Waals surface area contributed by atoms with E-state index in [0.717, 1.165) is 27.8 Å². The Morgan fingerprint density at radius 1 is 1.25 bits per heavy atom. The molecule has 0 spiro atoms. The van der Waals surface area contributed by atoms with Crippen LogP contribution in [-0.4, -0.2) is 29.9 Å². The second-order valence-corrected chi connectivity index (χ2v) is 7.67. The van der Waals surface area contributed by atoms with E-state index >= 15 is 0 Å². The summed E-state index contributed by atoms with van der Waals surface area (Å²) < 4.78 is 6.43. The molecule has 1 aliphatic heterocycles. The number of hydrogen-bond donors (Lipinski definition) is 0. The smallest absolute Gasteiger partial charge is 0.311 e. The molecule has 0 radical (unpaired) electrons. The van der Waals surface area contributed by atoms with Crippen molar-refractivity contribution in [3.05, 3.63) is 56.7 Å². The summed E-state index contributed by atoms with van der Waals surface area (Å²) in [6, 6.07) is 11.4. The largest absolute Gasteiger partial charge is 0.461 e. The van der Waals surface area contributed by atoms with E-state index in [1.54, 1.807) is 4.90 Å². The maximum Gasteiger partial charge on any atom is 0.311 e. The lowest BCUT2D eigenvalue weighted by atomic mass is 9.98. The zero-order valence-corrected chi connectivity index (χ0v) is 15.5. The fourth-order valence-electron chi connectivity index (χ4n) is 2.76. The summed E-state index contributed by atoms with van der Waals surface area (Å²) in [5, 5.41) is 1.89. The molecule has 0 bridgehead atoms. The molecule has 1 atom stereocenters. The molecule has 24 heavy (non-hydrogen) atoms. The van der Waals surface area contributed by atoms with Gasteiger partial charge in [-0.15, -0.1) is 11.3 Å². The molecule has 1 fully saturated rings. The van der Waals surface area contributed by atoms with Crippen molar-refractivity contribution in [3.63, 3.8) is 0 Å². The first-order chi connectivity index (χ1) is 11.6. The number of esters is 1. The molecule has 4 nitrogen and oxygen atoms in total. The molecule has 1 aromatic carbocycles. The van der Waals surface area contributed by atoms with Crippen LogP contribution in [0.1, 0.15) is 28.1 Å². The van der Waals surface area contributed by atoms with Crippen molar-refractivity contribution >= 4 is 39.1 Å². The fraction of sp³-hybridized carbons (Fsp3) is 0.333. The monoisotopic (exact) mass is 407 g/mol. The van der Waals surface area contributed by atoms with Crippen LogP contribution in [0, 0.1) is 5.92 Å². The van der Waals surface area contributed by atoms with Gasteiger partial charge in [0.2, 0.25) is 0 Å². The Morgan fingerprint density at radius 3 is 2.75 bits per heavy atom. The van der Waals surface area contributed by atoms with Crippen LogP contribution in [0.2, 0.25) is 0 Å². The lowest BCUT2D eigenvalue weighted by molar-refractivity contribution is -0.151. The van der Waals surface area contributed by atoms with Crippen molar-refractivity contribution in [3.8, 4) is 0 Å². The molecule has 2 aromatic rings. The van der Waals surface area contributed by atoms with Crippen molar-refractivity contribution < 1.29 is 14.3 Å². The van der Waals surface area contributed by atoms with Crippen LogP contribution in [0.4, 0.5) is 0 Å². The maximum atomic E-state index is 12.4. The maximum absolute atomic E-state index is 12.4. The molecule has 0 aliphatic carbocycles. The van der Waals surface area contributed by atoms with Gasteiger partial charge in [0.25, 0.3) is 5.91 Å². The average Bonchev–Trinajstić information content (AvgIpc) is 3.15. The van der Waals surface area contributed by atoms with E-state index in [2.05, 4.69) is 15.9 Å². The van der Waals surface area contributed by atoms with E-state index in [1.165, 1.54) is 11.3 Å². The van der Waals surface area contributed by atoms with Gasteiger partial charge in [-0.25, -0.2) is 0 Å². The van der Waals surface area contributed by atoms with E-state index in [-0.39, 0.29) is 24.4 Å². The average molecular weight is 408 g/mol. The van der Waals surface area contributed by atoms with Crippen LogP contribution in [0.25, 0.3) is 0 Å². The third-order valence-corrected chi connectivity index (χ3v) is 5.45. The molecule has 1 aromatic heterocycles. The van der Waals surface area contributed by atoms with Crippen molar-refractivity contribution in [1.29, 1.82) is 0 Å². The Hall–Kier alpha value is -1.66. The number of likely N-dealkylation sites (tertiary alicyclic amines) is 1. The molecule has 6 heteroatoms. The Morgan fingerprint density at radius 2 is 2.04 bits per heavy atom. The molecule has 3 rings (SSSR count). The summed E-state index contributed by atoms with van der Waals surface area (Å²) in [5.41, 5.74) is 0.953. The number of benzene rings is 1. The van der Waals surface area contributed by atoms with E-state index < -0.39 is 0 Å². The van der Waals surface area contributed by atoms with E-state index in [1.807, 2.05) is 41.8 Å². The second kappa shape index (κ2) is 7.94. The zero-order chi connectivity index (χ0) is 16.9. The number of ether oxygens (including phenoxy) is 1. The molecule has 1 aliphatic rings. The lowest BCUT2D eigenvalue weighted by Crippen LogP contribution is -2.42. The van der Waals surface area contributed by atoms with Gasteiger partial charge < -0.3 is 9.64 Å². The summed E-state index contributed by atoms with van der Waals surface area (Å²) in [5.74, 6) is -0.449. The van der Waals surface area contributed by atoms with Crippen molar-refractivity contribution in [2.24, 2.45) is 5.92 Å². The number of rotatable bonds is 4. The molecule has 1 amide bonds. The number of carbonyl (C=O) groups is 2. The van der Waals surface area contributed by atoms with Gasteiger partial charge in [0, 0.05) is 17.6 Å². The number of amides is 1. The Balaban J connectivity index is 1.55. The van der Waals surface area contributed by atoms with Crippen LogP contribution in [-0.2, 0) is 16.1 Å². The normalized spacial score (nSPS) is 17.5. The van der Waals surface area contributed by atoms with E-state index in [0.29, 0.717) is 13.1 Å². The molecule has 126 valence electrons. The summed E-state index contributed by atoms with van der Waals surface area (Å²) in [4.78, 5) is 27.2. The second-order valence-electron chi connectivity index (χ2n) is 5.80. The number of carbonyl (C=O) groups excluding carboxylic acids is 2. The van der Waals surface area contributed by atoms with E-state index in [4.69, 9.17) is 4.74 Å². The van der Waals surface area contributed by atoms with Gasteiger partial charge in [-0.3, -0.25) is 9.59 Å². The van der Waals surface area contributed by atoms with Crippen molar-refractivity contribution in [2.75, 3.05) is 13.1 Å². The highest BCUT2D eigenvalue weighted by Crippen LogP contribution is 2.22. The zero-order valence-electron chi connectivity index (χ0n) is 13.1. The SMILES string of the molecule is O=C(OCc1ccc(Br)cc1)C1CCCN(C(=O)c2cccs2)C1. The van der Waals surface area contributed by atoms with Gasteiger partial charge in [-0.1, -0.05) is 34.1 Å². The van der Waals surface area contributed by atoms with Gasteiger partial charge in [-0.05, 0) is 42.0 Å². The number of piperidine rings is 1. The number of halogens is 1. The number of hydrogen-bond acceptors (Lipinski definition) is 4. The van der Waals surface area contributed by atoms with E-state index in [9.17, 15) is 9.59 Å². The highest BCUT2D eigenvalue weighted by Gasteiger charge is 2.30. The van der Waals surface area contributed by atoms with Gasteiger partial charge in [0.15, 0.2) is 0 Å². The Bertz CT molecular complexity index is 700. The van der Waals surface area contributed by atoms with Gasteiger partial charge >= 0.3 is 5.97 Å². The molecule has 0 saturated carbocycles. The minimum atomic E-state index is -0.238. The molecule has 1 unspecified atom stereocenters. The summed E-state index contributed by atoms with van der Waals surface area (Å²) in [6.07, 6.45) is 1.60. The van der Waals surface area contributed by atoms with Crippen LogP contribution >= 0.6 is 27.3 Å². The molecule has 1 saturated heterocycles. The summed E-state index contributed by atoms with van der Waals surface area (Å²) in [6.45, 7) is 1.41.